The number of likely N-dealkylation sites (tertiary alicyclic amines) is 1. The summed E-state index contributed by atoms with van der Waals surface area (Å²) in [5.41, 5.74) is 1.98. The number of carbonyl (C=O) groups is 1. The van der Waals surface area contributed by atoms with Crippen LogP contribution in [-0.4, -0.2) is 29.1 Å². The summed E-state index contributed by atoms with van der Waals surface area (Å²) in [6, 6.07) is 7.31. The van der Waals surface area contributed by atoms with Gasteiger partial charge in [0, 0.05) is 13.1 Å². The van der Waals surface area contributed by atoms with Crippen molar-refractivity contribution in [3.05, 3.63) is 35.4 Å². The van der Waals surface area contributed by atoms with E-state index in [0.29, 0.717) is 11.8 Å². The Hall–Kier alpha value is -1.35. The molecule has 1 aromatic rings. The maximum Gasteiger partial charge on any atom is 0.325 e. The molecule has 1 aliphatic heterocycles. The molecule has 0 spiro atoms. The van der Waals surface area contributed by atoms with Crippen LogP contribution in [-0.2, 0) is 4.79 Å². The number of hydrogen-bond acceptors (Lipinski definition) is 2. The monoisotopic (exact) mass is 261 g/mol. The number of carboxylic acids is 1. The van der Waals surface area contributed by atoms with Crippen LogP contribution in [0.1, 0.15) is 37.4 Å². The van der Waals surface area contributed by atoms with E-state index in [2.05, 4.69) is 18.7 Å². The smallest absolute Gasteiger partial charge is 0.325 e. The van der Waals surface area contributed by atoms with Crippen molar-refractivity contribution in [2.75, 3.05) is 13.1 Å². The average molecular weight is 261 g/mol. The molecule has 0 amide bonds. The van der Waals surface area contributed by atoms with E-state index in [1.807, 2.05) is 31.2 Å². The molecule has 0 aromatic heterocycles. The highest BCUT2D eigenvalue weighted by molar-refractivity contribution is 5.76. The van der Waals surface area contributed by atoms with E-state index in [9.17, 15) is 9.90 Å². The van der Waals surface area contributed by atoms with E-state index in [-0.39, 0.29) is 0 Å². The molecule has 104 valence electrons. The molecule has 3 unspecified atom stereocenters. The molecule has 19 heavy (non-hydrogen) atoms. The number of hydrogen-bond donors (Lipinski definition) is 1. The molecular formula is C16H23NO2. The fourth-order valence-corrected chi connectivity index (χ4v) is 3.30. The molecule has 0 saturated carbocycles. The summed E-state index contributed by atoms with van der Waals surface area (Å²) in [5.74, 6) is 0.389. The maximum atomic E-state index is 11.7. The highest BCUT2D eigenvalue weighted by Crippen LogP contribution is 2.30. The van der Waals surface area contributed by atoms with Crippen LogP contribution in [0.4, 0.5) is 0 Å². The molecule has 1 aliphatic rings. The van der Waals surface area contributed by atoms with Gasteiger partial charge in [-0.05, 0) is 36.3 Å². The first-order valence-electron chi connectivity index (χ1n) is 7.01. The van der Waals surface area contributed by atoms with Gasteiger partial charge in [0.1, 0.15) is 6.04 Å². The molecule has 0 aliphatic carbocycles. The molecular weight excluding hydrogens is 238 g/mol. The summed E-state index contributed by atoms with van der Waals surface area (Å²) in [6.45, 7) is 8.15. The molecule has 1 N–H and O–H groups in total. The van der Waals surface area contributed by atoms with E-state index >= 15 is 0 Å². The Labute approximate surface area is 115 Å². The van der Waals surface area contributed by atoms with Gasteiger partial charge < -0.3 is 5.11 Å². The Morgan fingerprint density at radius 1 is 1.26 bits per heavy atom. The molecule has 3 heteroatoms. The van der Waals surface area contributed by atoms with Crippen LogP contribution in [0.25, 0.3) is 0 Å². The van der Waals surface area contributed by atoms with Crippen molar-refractivity contribution >= 4 is 5.97 Å². The first-order valence-corrected chi connectivity index (χ1v) is 7.01. The van der Waals surface area contributed by atoms with Crippen LogP contribution in [0, 0.1) is 18.8 Å². The highest BCUT2D eigenvalue weighted by Gasteiger charge is 2.33. The molecule has 1 fully saturated rings. The first-order chi connectivity index (χ1) is 8.99. The average Bonchev–Trinajstić information content (AvgIpc) is 2.30. The van der Waals surface area contributed by atoms with E-state index in [1.54, 1.807) is 0 Å². The normalized spacial score (nSPS) is 26.1. The quantitative estimate of drug-likeness (QED) is 0.909. The van der Waals surface area contributed by atoms with Gasteiger partial charge in [-0.3, -0.25) is 9.69 Å². The van der Waals surface area contributed by atoms with Gasteiger partial charge in [0.15, 0.2) is 0 Å². The number of nitrogens with zero attached hydrogens (tertiary/aromatic N) is 1. The number of aryl methyl sites for hydroxylation is 1. The predicted molar refractivity (Wildman–Crippen MR) is 76.1 cm³/mol. The Morgan fingerprint density at radius 3 is 2.37 bits per heavy atom. The maximum absolute atomic E-state index is 11.7. The van der Waals surface area contributed by atoms with Crippen molar-refractivity contribution in [2.45, 2.75) is 33.2 Å². The van der Waals surface area contributed by atoms with Crippen molar-refractivity contribution in [2.24, 2.45) is 11.8 Å². The van der Waals surface area contributed by atoms with Crippen molar-refractivity contribution in [1.29, 1.82) is 0 Å². The Morgan fingerprint density at radius 2 is 1.84 bits per heavy atom. The molecule has 0 radical (unpaired) electrons. The minimum absolute atomic E-state index is 0.508. The number of rotatable bonds is 3. The summed E-state index contributed by atoms with van der Waals surface area (Å²) in [6.07, 6.45) is 1.19. The van der Waals surface area contributed by atoms with Crippen LogP contribution >= 0.6 is 0 Å². The molecule has 1 aromatic carbocycles. The minimum atomic E-state index is -0.740. The number of aliphatic carboxylic acids is 1. The number of benzene rings is 1. The third kappa shape index (κ3) is 3.16. The topological polar surface area (TPSA) is 40.5 Å². The third-order valence-electron chi connectivity index (χ3n) is 3.98. The minimum Gasteiger partial charge on any atom is -0.480 e. The zero-order valence-corrected chi connectivity index (χ0v) is 12.0. The van der Waals surface area contributed by atoms with Gasteiger partial charge >= 0.3 is 5.97 Å². The standard InChI is InChI=1S/C16H23NO2/c1-11-8-12(2)10-17(9-11)15(16(18)19)14-7-5-4-6-13(14)3/h4-7,11-12,15H,8-10H2,1-3H3,(H,18,19). The lowest BCUT2D eigenvalue weighted by molar-refractivity contribution is -0.144. The lowest BCUT2D eigenvalue weighted by Crippen LogP contribution is -2.44. The van der Waals surface area contributed by atoms with E-state index in [1.165, 1.54) is 6.42 Å². The number of piperidine rings is 1. The summed E-state index contributed by atoms with van der Waals surface area (Å²) in [4.78, 5) is 13.9. The van der Waals surface area contributed by atoms with Crippen LogP contribution in [0.15, 0.2) is 24.3 Å². The highest BCUT2D eigenvalue weighted by atomic mass is 16.4. The first kappa shape index (κ1) is 14.1. The van der Waals surface area contributed by atoms with Gasteiger partial charge in [-0.1, -0.05) is 38.1 Å². The van der Waals surface area contributed by atoms with Crippen molar-refractivity contribution in [1.82, 2.24) is 4.90 Å². The van der Waals surface area contributed by atoms with Gasteiger partial charge in [0.05, 0.1) is 0 Å². The van der Waals surface area contributed by atoms with Gasteiger partial charge in [0.25, 0.3) is 0 Å². The molecule has 2 rings (SSSR count). The molecule has 1 saturated heterocycles. The predicted octanol–water partition coefficient (Wildman–Crippen LogP) is 3.10. The van der Waals surface area contributed by atoms with Gasteiger partial charge in [-0.15, -0.1) is 0 Å². The Bertz CT molecular complexity index is 448. The second-order valence-electron chi connectivity index (χ2n) is 6.00. The van der Waals surface area contributed by atoms with Crippen LogP contribution in [0.3, 0.4) is 0 Å². The largest absolute Gasteiger partial charge is 0.480 e. The van der Waals surface area contributed by atoms with E-state index in [0.717, 1.165) is 24.2 Å². The van der Waals surface area contributed by atoms with Crippen LogP contribution < -0.4 is 0 Å². The van der Waals surface area contributed by atoms with Gasteiger partial charge in [0.2, 0.25) is 0 Å². The fraction of sp³-hybridized carbons (Fsp3) is 0.562. The van der Waals surface area contributed by atoms with Gasteiger partial charge in [-0.2, -0.15) is 0 Å². The van der Waals surface area contributed by atoms with Crippen LogP contribution in [0.2, 0.25) is 0 Å². The zero-order chi connectivity index (χ0) is 14.0. The molecule has 3 nitrogen and oxygen atoms in total. The lowest BCUT2D eigenvalue weighted by Gasteiger charge is -2.38. The summed E-state index contributed by atoms with van der Waals surface area (Å²) < 4.78 is 0. The third-order valence-corrected chi connectivity index (χ3v) is 3.98. The lowest BCUT2D eigenvalue weighted by atomic mass is 9.89. The summed E-state index contributed by atoms with van der Waals surface area (Å²) >= 11 is 0. The number of carboxylic acid groups (broad SMARTS) is 1. The second-order valence-corrected chi connectivity index (χ2v) is 6.00. The second kappa shape index (κ2) is 5.74. The SMILES string of the molecule is Cc1ccccc1C(C(=O)O)N1CC(C)CC(C)C1. The Kier molecular flexibility index (Phi) is 4.25. The molecule has 0 bridgehead atoms. The summed E-state index contributed by atoms with van der Waals surface area (Å²) in [5, 5.41) is 9.63. The fourth-order valence-electron chi connectivity index (χ4n) is 3.30. The van der Waals surface area contributed by atoms with Crippen molar-refractivity contribution < 1.29 is 9.90 Å². The zero-order valence-electron chi connectivity index (χ0n) is 12.0. The molecule has 1 heterocycles. The van der Waals surface area contributed by atoms with Crippen molar-refractivity contribution in [3.8, 4) is 0 Å². The van der Waals surface area contributed by atoms with Crippen molar-refractivity contribution in [3.63, 3.8) is 0 Å². The van der Waals surface area contributed by atoms with E-state index < -0.39 is 12.0 Å². The molecule has 3 atom stereocenters. The summed E-state index contributed by atoms with van der Waals surface area (Å²) in [7, 11) is 0. The van der Waals surface area contributed by atoms with E-state index in [4.69, 9.17) is 0 Å². The van der Waals surface area contributed by atoms with Crippen LogP contribution in [0.5, 0.6) is 0 Å². The van der Waals surface area contributed by atoms with Gasteiger partial charge in [-0.25, -0.2) is 0 Å². The Balaban J connectivity index is 2.31.